The Morgan fingerprint density at radius 3 is 2.67 bits per heavy atom. The molecule has 1 heterocycles. The lowest BCUT2D eigenvalue weighted by molar-refractivity contribution is 0.291. The van der Waals surface area contributed by atoms with Crippen molar-refractivity contribution < 1.29 is 0 Å². The van der Waals surface area contributed by atoms with Gasteiger partial charge in [0.25, 0.3) is 0 Å². The number of halogens is 1. The van der Waals surface area contributed by atoms with Gasteiger partial charge < -0.3 is 10.6 Å². The Hall–Kier alpha value is -1.22. The van der Waals surface area contributed by atoms with E-state index in [1.165, 1.54) is 37.7 Å². The first-order valence-electron chi connectivity index (χ1n) is 8.07. The third kappa shape index (κ3) is 3.34. The van der Waals surface area contributed by atoms with E-state index in [1.54, 1.807) is 0 Å². The summed E-state index contributed by atoms with van der Waals surface area (Å²) in [7, 11) is 0. The van der Waals surface area contributed by atoms with Crippen LogP contribution in [-0.4, -0.2) is 25.6 Å². The molecule has 0 spiro atoms. The van der Waals surface area contributed by atoms with Gasteiger partial charge in [-0.05, 0) is 30.9 Å². The average molecular weight is 306 g/mol. The molecule has 0 aromatic heterocycles. The van der Waals surface area contributed by atoms with Crippen molar-refractivity contribution in [2.45, 2.75) is 43.9 Å². The summed E-state index contributed by atoms with van der Waals surface area (Å²) in [4.78, 5) is 4.52. The number of nitrogens with zero attached hydrogens (tertiary/aromatic N) is 1. The second-order valence-corrected chi connectivity index (χ2v) is 6.59. The molecular formula is C17H24ClN3. The lowest BCUT2D eigenvalue weighted by atomic mass is 9.69. The summed E-state index contributed by atoms with van der Waals surface area (Å²) in [5, 5.41) is 7.79. The molecule has 3 rings (SSSR count). The van der Waals surface area contributed by atoms with Crippen molar-refractivity contribution in [1.29, 1.82) is 0 Å². The highest BCUT2D eigenvalue weighted by molar-refractivity contribution is 6.31. The van der Waals surface area contributed by atoms with Crippen molar-refractivity contribution in [3.8, 4) is 0 Å². The zero-order valence-corrected chi connectivity index (χ0v) is 13.3. The van der Waals surface area contributed by atoms with Gasteiger partial charge in [0.15, 0.2) is 5.96 Å². The minimum Gasteiger partial charge on any atom is -0.356 e. The zero-order chi connectivity index (χ0) is 14.5. The lowest BCUT2D eigenvalue weighted by Crippen LogP contribution is -2.48. The third-order valence-corrected chi connectivity index (χ3v) is 5.08. The molecular weight excluding hydrogens is 282 g/mol. The number of hydrogen-bond donors (Lipinski definition) is 2. The fourth-order valence-electron chi connectivity index (χ4n) is 3.57. The molecule has 0 radical (unpaired) electrons. The molecule has 114 valence electrons. The highest BCUT2D eigenvalue weighted by Gasteiger charge is 2.35. The first-order valence-corrected chi connectivity index (χ1v) is 8.45. The number of rotatable bonds is 3. The van der Waals surface area contributed by atoms with Crippen molar-refractivity contribution in [2.75, 3.05) is 19.6 Å². The predicted octanol–water partition coefficient (Wildman–Crippen LogP) is 3.48. The maximum atomic E-state index is 6.49. The van der Waals surface area contributed by atoms with Gasteiger partial charge in [-0.2, -0.15) is 0 Å². The van der Waals surface area contributed by atoms with Crippen molar-refractivity contribution in [3.63, 3.8) is 0 Å². The minimum atomic E-state index is 0.151. The standard InChI is InChI=1S/C17H24ClN3/c18-15-8-3-2-7-14(15)17(9-4-1-5-10-17)13-21-16-19-11-6-12-20-16/h2-3,7-8H,1,4-6,9-13H2,(H2,19,20,21). The normalized spacial score (nSPS) is 21.3. The molecule has 2 N–H and O–H groups in total. The SMILES string of the molecule is Clc1ccccc1C1(CNC2=NCCCN2)CCCCC1. The predicted molar refractivity (Wildman–Crippen MR) is 89.1 cm³/mol. The molecule has 0 bridgehead atoms. The van der Waals surface area contributed by atoms with Gasteiger partial charge in [-0.25, -0.2) is 0 Å². The van der Waals surface area contributed by atoms with Crippen molar-refractivity contribution in [1.82, 2.24) is 10.6 Å². The smallest absolute Gasteiger partial charge is 0.191 e. The largest absolute Gasteiger partial charge is 0.356 e. The molecule has 0 unspecified atom stereocenters. The van der Waals surface area contributed by atoms with Gasteiger partial charge in [0.05, 0.1) is 0 Å². The van der Waals surface area contributed by atoms with Gasteiger partial charge in [-0.1, -0.05) is 49.1 Å². The van der Waals surface area contributed by atoms with Crippen LogP contribution in [0.5, 0.6) is 0 Å². The molecule has 0 amide bonds. The number of guanidine groups is 1. The van der Waals surface area contributed by atoms with Crippen LogP contribution in [0.25, 0.3) is 0 Å². The second-order valence-electron chi connectivity index (χ2n) is 6.19. The van der Waals surface area contributed by atoms with Gasteiger partial charge in [0.2, 0.25) is 0 Å². The summed E-state index contributed by atoms with van der Waals surface area (Å²) < 4.78 is 0. The molecule has 3 nitrogen and oxygen atoms in total. The summed E-state index contributed by atoms with van der Waals surface area (Å²) in [5.41, 5.74) is 1.45. The second kappa shape index (κ2) is 6.69. The molecule has 1 aliphatic heterocycles. The van der Waals surface area contributed by atoms with E-state index in [4.69, 9.17) is 11.6 Å². The van der Waals surface area contributed by atoms with Crippen molar-refractivity contribution >= 4 is 17.6 Å². The van der Waals surface area contributed by atoms with Crippen molar-refractivity contribution in [3.05, 3.63) is 34.9 Å². The molecule has 2 aliphatic rings. The lowest BCUT2D eigenvalue weighted by Gasteiger charge is -2.39. The van der Waals surface area contributed by atoms with Crippen LogP contribution < -0.4 is 10.6 Å². The Kier molecular flexibility index (Phi) is 4.69. The quantitative estimate of drug-likeness (QED) is 0.897. The van der Waals surface area contributed by atoms with Gasteiger partial charge in [-0.15, -0.1) is 0 Å². The molecule has 1 fully saturated rings. The van der Waals surface area contributed by atoms with Crippen LogP contribution in [0, 0.1) is 0 Å². The van der Waals surface area contributed by atoms with Crippen LogP contribution in [0.2, 0.25) is 5.02 Å². The molecule has 0 saturated heterocycles. The van der Waals surface area contributed by atoms with Crippen LogP contribution >= 0.6 is 11.6 Å². The number of hydrogen-bond acceptors (Lipinski definition) is 3. The molecule has 1 aromatic carbocycles. The highest BCUT2D eigenvalue weighted by Crippen LogP contribution is 2.41. The fraction of sp³-hybridized carbons (Fsp3) is 0.588. The Balaban J connectivity index is 1.80. The van der Waals surface area contributed by atoms with Crippen molar-refractivity contribution in [2.24, 2.45) is 4.99 Å². The maximum absolute atomic E-state index is 6.49. The van der Waals surface area contributed by atoms with Gasteiger partial charge in [0, 0.05) is 30.1 Å². The number of benzene rings is 1. The van der Waals surface area contributed by atoms with Crippen LogP contribution in [-0.2, 0) is 5.41 Å². The Morgan fingerprint density at radius 1 is 1.14 bits per heavy atom. The zero-order valence-electron chi connectivity index (χ0n) is 12.5. The summed E-state index contributed by atoms with van der Waals surface area (Å²) >= 11 is 6.49. The third-order valence-electron chi connectivity index (χ3n) is 4.75. The Morgan fingerprint density at radius 2 is 1.95 bits per heavy atom. The fourth-order valence-corrected chi connectivity index (χ4v) is 3.90. The number of aliphatic imine (C=N–C) groups is 1. The number of nitrogens with one attached hydrogen (secondary N) is 2. The van der Waals surface area contributed by atoms with Gasteiger partial charge in [0.1, 0.15) is 0 Å². The van der Waals surface area contributed by atoms with E-state index < -0.39 is 0 Å². The molecule has 0 atom stereocenters. The van der Waals surface area contributed by atoms with E-state index in [0.717, 1.165) is 37.0 Å². The van der Waals surface area contributed by atoms with E-state index >= 15 is 0 Å². The van der Waals surface area contributed by atoms with E-state index in [1.807, 2.05) is 12.1 Å². The molecule has 1 saturated carbocycles. The summed E-state index contributed by atoms with van der Waals surface area (Å²) in [6.07, 6.45) is 7.44. The topological polar surface area (TPSA) is 36.4 Å². The van der Waals surface area contributed by atoms with Crippen LogP contribution in [0.15, 0.2) is 29.3 Å². The van der Waals surface area contributed by atoms with Crippen LogP contribution in [0.1, 0.15) is 44.1 Å². The van der Waals surface area contributed by atoms with Crippen LogP contribution in [0.3, 0.4) is 0 Å². The highest BCUT2D eigenvalue weighted by atomic mass is 35.5. The minimum absolute atomic E-state index is 0.151. The molecule has 1 aliphatic carbocycles. The van der Waals surface area contributed by atoms with E-state index in [2.05, 4.69) is 27.8 Å². The van der Waals surface area contributed by atoms with E-state index in [9.17, 15) is 0 Å². The van der Waals surface area contributed by atoms with Crippen LogP contribution in [0.4, 0.5) is 0 Å². The first kappa shape index (κ1) is 14.7. The molecule has 4 heteroatoms. The Labute approximate surface area is 132 Å². The van der Waals surface area contributed by atoms with Gasteiger partial charge >= 0.3 is 0 Å². The summed E-state index contributed by atoms with van der Waals surface area (Å²) in [6, 6.07) is 8.34. The van der Waals surface area contributed by atoms with Gasteiger partial charge in [-0.3, -0.25) is 4.99 Å². The molecule has 21 heavy (non-hydrogen) atoms. The van der Waals surface area contributed by atoms with E-state index in [0.29, 0.717) is 0 Å². The summed E-state index contributed by atoms with van der Waals surface area (Å²) in [6.45, 7) is 2.86. The molecule has 1 aromatic rings. The van der Waals surface area contributed by atoms with E-state index in [-0.39, 0.29) is 5.41 Å². The summed E-state index contributed by atoms with van der Waals surface area (Å²) in [5.74, 6) is 0.957. The monoisotopic (exact) mass is 305 g/mol. The average Bonchev–Trinajstić information content (AvgIpc) is 2.55. The Bertz CT molecular complexity index is 507. The maximum Gasteiger partial charge on any atom is 0.191 e. The first-order chi connectivity index (χ1) is 10.3.